The van der Waals surface area contributed by atoms with Gasteiger partial charge in [-0.05, 0) is 41.7 Å². The van der Waals surface area contributed by atoms with Gasteiger partial charge < -0.3 is 10.1 Å². The summed E-state index contributed by atoms with van der Waals surface area (Å²) in [4.78, 5) is 12.7. The molecule has 1 aliphatic heterocycles. The fraction of sp³-hybridized carbons (Fsp3) is 0.450. The van der Waals surface area contributed by atoms with Crippen molar-refractivity contribution in [3.05, 3.63) is 42.5 Å². The number of carbonyl (C=O) groups excluding carboxylic acids is 1. The lowest BCUT2D eigenvalue weighted by Gasteiger charge is -2.22. The summed E-state index contributed by atoms with van der Waals surface area (Å²) in [6.45, 7) is 4.75. The van der Waals surface area contributed by atoms with Crippen molar-refractivity contribution in [3.63, 3.8) is 0 Å². The van der Waals surface area contributed by atoms with Crippen molar-refractivity contribution < 1.29 is 17.9 Å². The van der Waals surface area contributed by atoms with Crippen molar-refractivity contribution in [2.24, 2.45) is 5.92 Å². The van der Waals surface area contributed by atoms with Crippen LogP contribution in [0.2, 0.25) is 0 Å². The number of hydrogen-bond acceptors (Lipinski definition) is 4. The van der Waals surface area contributed by atoms with Gasteiger partial charge in [0.2, 0.25) is 15.9 Å². The van der Waals surface area contributed by atoms with Crippen molar-refractivity contribution in [2.75, 3.05) is 13.2 Å². The summed E-state index contributed by atoms with van der Waals surface area (Å²) >= 11 is 0. The summed E-state index contributed by atoms with van der Waals surface area (Å²) in [5, 5.41) is 4.62. The van der Waals surface area contributed by atoms with Gasteiger partial charge in [-0.15, -0.1) is 0 Å². The molecule has 1 heterocycles. The minimum atomic E-state index is -3.82. The van der Waals surface area contributed by atoms with Gasteiger partial charge in [0.05, 0.1) is 11.0 Å². The number of ether oxygens (including phenoxy) is 1. The fourth-order valence-corrected chi connectivity index (χ4v) is 4.57. The monoisotopic (exact) mass is 390 g/mol. The van der Waals surface area contributed by atoms with Crippen LogP contribution in [0.3, 0.4) is 0 Å². The van der Waals surface area contributed by atoms with E-state index in [1.165, 1.54) is 0 Å². The van der Waals surface area contributed by atoms with Crippen LogP contribution in [-0.2, 0) is 19.6 Å². The molecule has 0 unspecified atom stereocenters. The maximum Gasteiger partial charge on any atom is 0.241 e. The summed E-state index contributed by atoms with van der Waals surface area (Å²) in [5.41, 5.74) is 0. The number of fused-ring (bicyclic) bond motifs is 1. The van der Waals surface area contributed by atoms with E-state index in [0.29, 0.717) is 13.2 Å². The third-order valence-electron chi connectivity index (χ3n) is 4.79. The molecule has 1 aliphatic rings. The molecule has 2 N–H and O–H groups in total. The molecule has 0 aromatic heterocycles. The Morgan fingerprint density at radius 2 is 1.93 bits per heavy atom. The van der Waals surface area contributed by atoms with Crippen LogP contribution in [-0.4, -0.2) is 39.6 Å². The second kappa shape index (κ2) is 8.37. The molecular weight excluding hydrogens is 364 g/mol. The molecule has 2 aromatic rings. The van der Waals surface area contributed by atoms with E-state index in [4.69, 9.17) is 4.74 Å². The van der Waals surface area contributed by atoms with E-state index >= 15 is 0 Å². The zero-order valence-corrected chi connectivity index (χ0v) is 16.5. The second-order valence-electron chi connectivity index (χ2n) is 7.23. The van der Waals surface area contributed by atoms with Gasteiger partial charge in [0.1, 0.15) is 6.04 Å². The molecule has 6 nitrogen and oxygen atoms in total. The van der Waals surface area contributed by atoms with Gasteiger partial charge in [-0.3, -0.25) is 4.79 Å². The first-order valence-electron chi connectivity index (χ1n) is 9.27. The zero-order chi connectivity index (χ0) is 19.4. The van der Waals surface area contributed by atoms with Gasteiger partial charge in [0.25, 0.3) is 0 Å². The Hall–Kier alpha value is -1.96. The van der Waals surface area contributed by atoms with Crippen LogP contribution in [0.25, 0.3) is 10.8 Å². The predicted octanol–water partition coefficient (Wildman–Crippen LogP) is 2.44. The average Bonchev–Trinajstić information content (AvgIpc) is 3.17. The number of carbonyl (C=O) groups is 1. The molecule has 0 bridgehead atoms. The van der Waals surface area contributed by atoms with Crippen molar-refractivity contribution >= 4 is 26.7 Å². The van der Waals surface area contributed by atoms with Gasteiger partial charge in [-0.2, -0.15) is 4.72 Å². The molecule has 0 saturated carbocycles. The highest BCUT2D eigenvalue weighted by molar-refractivity contribution is 7.89. The van der Waals surface area contributed by atoms with E-state index in [-0.39, 0.29) is 22.8 Å². The van der Waals surface area contributed by atoms with Crippen LogP contribution in [0.5, 0.6) is 0 Å². The molecule has 2 atom stereocenters. The maximum atomic E-state index is 12.8. The molecule has 3 rings (SSSR count). The summed E-state index contributed by atoms with van der Waals surface area (Å²) in [6.07, 6.45) is 1.91. The Morgan fingerprint density at radius 3 is 2.59 bits per heavy atom. The minimum Gasteiger partial charge on any atom is -0.376 e. The van der Waals surface area contributed by atoms with Crippen LogP contribution < -0.4 is 10.0 Å². The lowest BCUT2D eigenvalue weighted by molar-refractivity contribution is -0.124. The Labute approximate surface area is 160 Å². The molecule has 1 fully saturated rings. The Balaban J connectivity index is 1.74. The first kappa shape index (κ1) is 19.8. The van der Waals surface area contributed by atoms with Crippen LogP contribution >= 0.6 is 0 Å². The van der Waals surface area contributed by atoms with E-state index in [1.54, 1.807) is 18.2 Å². The van der Waals surface area contributed by atoms with Gasteiger partial charge >= 0.3 is 0 Å². The molecule has 1 saturated heterocycles. The van der Waals surface area contributed by atoms with Gasteiger partial charge in [-0.1, -0.05) is 44.2 Å². The second-order valence-corrected chi connectivity index (χ2v) is 8.95. The number of amides is 1. The predicted molar refractivity (Wildman–Crippen MR) is 105 cm³/mol. The van der Waals surface area contributed by atoms with Gasteiger partial charge in [0, 0.05) is 13.2 Å². The van der Waals surface area contributed by atoms with E-state index in [1.807, 2.05) is 38.1 Å². The highest BCUT2D eigenvalue weighted by Crippen LogP contribution is 2.20. The quantitative estimate of drug-likeness (QED) is 0.760. The van der Waals surface area contributed by atoms with Crippen LogP contribution in [0.4, 0.5) is 0 Å². The van der Waals surface area contributed by atoms with Crippen LogP contribution in [0.1, 0.15) is 26.7 Å². The smallest absolute Gasteiger partial charge is 0.241 e. The summed E-state index contributed by atoms with van der Waals surface area (Å²) in [5.74, 6) is -0.519. The number of rotatable bonds is 7. The summed E-state index contributed by atoms with van der Waals surface area (Å²) < 4.78 is 33.7. The third kappa shape index (κ3) is 4.86. The highest BCUT2D eigenvalue weighted by Gasteiger charge is 2.29. The van der Waals surface area contributed by atoms with E-state index in [9.17, 15) is 13.2 Å². The lowest BCUT2D eigenvalue weighted by atomic mass is 10.0. The fourth-order valence-electron chi connectivity index (χ4n) is 3.19. The van der Waals surface area contributed by atoms with Crippen molar-refractivity contribution in [1.82, 2.24) is 10.0 Å². The number of benzene rings is 2. The molecular formula is C20H26N2O4S. The van der Waals surface area contributed by atoms with E-state index in [0.717, 1.165) is 23.6 Å². The first-order valence-corrected chi connectivity index (χ1v) is 10.8. The van der Waals surface area contributed by atoms with Crippen molar-refractivity contribution in [3.8, 4) is 0 Å². The van der Waals surface area contributed by atoms with Crippen molar-refractivity contribution in [2.45, 2.75) is 43.7 Å². The standard InChI is InChI=1S/C20H26N2O4S/c1-14(2)19(20(23)21-13-17-8-5-11-26-17)22-27(24,25)18-10-9-15-6-3-4-7-16(15)12-18/h3-4,6-7,9-10,12,14,17,19,22H,5,8,11,13H2,1-2H3,(H,21,23)/t17-,19-/m1/s1. The minimum absolute atomic E-state index is 0.0128. The molecule has 0 aliphatic carbocycles. The normalized spacial score (nSPS) is 18.7. The van der Waals surface area contributed by atoms with E-state index < -0.39 is 16.1 Å². The number of hydrogen-bond donors (Lipinski definition) is 2. The Morgan fingerprint density at radius 1 is 1.19 bits per heavy atom. The first-order chi connectivity index (χ1) is 12.9. The number of sulfonamides is 1. The molecule has 146 valence electrons. The molecule has 0 spiro atoms. The maximum absolute atomic E-state index is 12.8. The Kier molecular flexibility index (Phi) is 6.14. The molecule has 7 heteroatoms. The van der Waals surface area contributed by atoms with Gasteiger partial charge in [-0.25, -0.2) is 8.42 Å². The molecule has 27 heavy (non-hydrogen) atoms. The van der Waals surface area contributed by atoms with Crippen LogP contribution in [0.15, 0.2) is 47.4 Å². The average molecular weight is 391 g/mol. The molecule has 1 amide bonds. The zero-order valence-electron chi connectivity index (χ0n) is 15.6. The molecule has 2 aromatic carbocycles. The summed E-state index contributed by atoms with van der Waals surface area (Å²) in [6, 6.07) is 11.7. The largest absolute Gasteiger partial charge is 0.376 e. The SMILES string of the molecule is CC(C)[C@@H](NS(=O)(=O)c1ccc2ccccc2c1)C(=O)NC[C@H]1CCCO1. The molecule has 0 radical (unpaired) electrons. The topological polar surface area (TPSA) is 84.5 Å². The Bertz CT molecular complexity index is 905. The van der Waals surface area contributed by atoms with Gasteiger partial charge in [0.15, 0.2) is 0 Å². The van der Waals surface area contributed by atoms with Crippen molar-refractivity contribution in [1.29, 1.82) is 0 Å². The third-order valence-corrected chi connectivity index (χ3v) is 6.23. The lowest BCUT2D eigenvalue weighted by Crippen LogP contribution is -2.50. The summed E-state index contributed by atoms with van der Waals surface area (Å²) in [7, 11) is -3.82. The number of nitrogens with one attached hydrogen (secondary N) is 2. The highest BCUT2D eigenvalue weighted by atomic mass is 32.2. The van der Waals surface area contributed by atoms with Crippen LogP contribution in [0, 0.1) is 5.92 Å². The van der Waals surface area contributed by atoms with E-state index in [2.05, 4.69) is 10.0 Å².